The van der Waals surface area contributed by atoms with Crippen molar-refractivity contribution >= 4 is 11.9 Å². The molecule has 0 spiro atoms. The number of nitrogens with zero attached hydrogens (tertiary/aromatic N) is 2. The third-order valence-electron chi connectivity index (χ3n) is 6.29. The summed E-state index contributed by atoms with van der Waals surface area (Å²) in [6.45, 7) is 8.26. The van der Waals surface area contributed by atoms with Crippen LogP contribution in [0.3, 0.4) is 0 Å². The zero-order valence-corrected chi connectivity index (χ0v) is 19.8. The summed E-state index contributed by atoms with van der Waals surface area (Å²) in [5.74, 6) is -0.737. The van der Waals surface area contributed by atoms with Gasteiger partial charge in [-0.25, -0.2) is 9.59 Å². The summed E-state index contributed by atoms with van der Waals surface area (Å²) in [6.07, 6.45) is 0.438. The van der Waals surface area contributed by atoms with Crippen LogP contribution in [0.5, 0.6) is 0 Å². The first-order chi connectivity index (χ1) is 16.3. The lowest BCUT2D eigenvalue weighted by atomic mass is 9.91. The van der Waals surface area contributed by atoms with Crippen LogP contribution in [0.4, 0.5) is 0 Å². The molecule has 0 bridgehead atoms. The van der Waals surface area contributed by atoms with Gasteiger partial charge in [-0.05, 0) is 63.1 Å². The van der Waals surface area contributed by atoms with E-state index in [4.69, 9.17) is 19.1 Å². The number of ether oxygens (including phenoxy) is 2. The van der Waals surface area contributed by atoms with E-state index in [9.17, 15) is 9.59 Å². The van der Waals surface area contributed by atoms with Gasteiger partial charge in [-0.2, -0.15) is 0 Å². The molecule has 2 heterocycles. The lowest BCUT2D eigenvalue weighted by Crippen LogP contribution is -2.40. The maximum absolute atomic E-state index is 12.4. The number of esters is 2. The molecular formula is C26H30N2O6. The molecule has 2 saturated heterocycles. The van der Waals surface area contributed by atoms with Gasteiger partial charge in [-0.3, -0.25) is 9.68 Å². The maximum atomic E-state index is 12.4. The summed E-state index contributed by atoms with van der Waals surface area (Å²) in [5.41, 5.74) is 3.01. The molecule has 180 valence electrons. The molecule has 3 fully saturated rings. The van der Waals surface area contributed by atoms with Crippen molar-refractivity contribution in [2.45, 2.75) is 77.3 Å². The Morgan fingerprint density at radius 1 is 0.706 bits per heavy atom. The van der Waals surface area contributed by atoms with E-state index in [1.54, 1.807) is 24.3 Å². The zero-order valence-electron chi connectivity index (χ0n) is 19.8. The van der Waals surface area contributed by atoms with E-state index < -0.39 is 0 Å². The van der Waals surface area contributed by atoms with Crippen LogP contribution in [-0.2, 0) is 19.1 Å². The van der Waals surface area contributed by atoms with Gasteiger partial charge in [0.25, 0.3) is 0 Å². The Balaban J connectivity index is 1.05. The predicted molar refractivity (Wildman–Crippen MR) is 122 cm³/mol. The second-order valence-corrected chi connectivity index (χ2v) is 9.59. The fourth-order valence-electron chi connectivity index (χ4n) is 4.09. The maximum Gasteiger partial charge on any atom is 0.338 e. The van der Waals surface area contributed by atoms with Crippen LogP contribution in [0.1, 0.15) is 84.8 Å². The Kier molecular flexibility index (Phi) is 6.16. The SMILES string of the molecule is CC(C)N1OC1c1ccc(C(=O)OC2CC(OC(=O)c3ccc(C4ON4C(C)C)cc3)C2)cc1. The zero-order chi connectivity index (χ0) is 24.0. The molecule has 34 heavy (non-hydrogen) atoms. The highest BCUT2D eigenvalue weighted by Crippen LogP contribution is 2.40. The molecule has 2 aromatic rings. The lowest BCUT2D eigenvalue weighted by Gasteiger charge is -2.33. The molecule has 1 aliphatic carbocycles. The van der Waals surface area contributed by atoms with Crippen LogP contribution < -0.4 is 0 Å². The highest BCUT2D eigenvalue weighted by atomic mass is 16.8. The first-order valence-electron chi connectivity index (χ1n) is 11.8. The van der Waals surface area contributed by atoms with Crippen LogP contribution in [0.15, 0.2) is 48.5 Å². The van der Waals surface area contributed by atoms with Crippen molar-refractivity contribution < 1.29 is 28.7 Å². The van der Waals surface area contributed by atoms with E-state index in [0.717, 1.165) is 11.1 Å². The smallest absolute Gasteiger partial charge is 0.338 e. The summed E-state index contributed by atoms with van der Waals surface area (Å²) in [6, 6.07) is 15.2. The first-order valence-corrected chi connectivity index (χ1v) is 11.8. The molecule has 2 aliphatic heterocycles. The summed E-state index contributed by atoms with van der Waals surface area (Å²) in [4.78, 5) is 35.9. The Morgan fingerprint density at radius 3 is 1.35 bits per heavy atom. The van der Waals surface area contributed by atoms with Crippen molar-refractivity contribution in [2.24, 2.45) is 0 Å². The van der Waals surface area contributed by atoms with Crippen LogP contribution in [0.25, 0.3) is 0 Å². The highest BCUT2D eigenvalue weighted by molar-refractivity contribution is 5.90. The van der Waals surface area contributed by atoms with Crippen LogP contribution >= 0.6 is 0 Å². The average Bonchev–Trinajstić information content (AvgIpc) is 3.70. The number of carbonyl (C=O) groups is 2. The van der Waals surface area contributed by atoms with Gasteiger partial charge in [0.15, 0.2) is 12.5 Å². The minimum Gasteiger partial charge on any atom is -0.458 e. The van der Waals surface area contributed by atoms with E-state index in [1.807, 2.05) is 34.4 Å². The second-order valence-electron chi connectivity index (χ2n) is 9.59. The predicted octanol–water partition coefficient (Wildman–Crippen LogP) is 4.54. The van der Waals surface area contributed by atoms with Crippen LogP contribution in [-0.4, -0.2) is 46.4 Å². The van der Waals surface area contributed by atoms with Gasteiger partial charge in [0, 0.05) is 24.9 Å². The molecular weight excluding hydrogens is 436 g/mol. The summed E-state index contributed by atoms with van der Waals surface area (Å²) in [5, 5.41) is 3.80. The number of hydrogen-bond donors (Lipinski definition) is 0. The van der Waals surface area contributed by atoms with E-state index in [0.29, 0.717) is 36.1 Å². The summed E-state index contributed by atoms with van der Waals surface area (Å²) in [7, 11) is 0. The molecule has 0 amide bonds. The number of hydroxylamine groups is 4. The summed E-state index contributed by atoms with van der Waals surface area (Å²) >= 11 is 0. The van der Waals surface area contributed by atoms with Crippen molar-refractivity contribution in [2.75, 3.05) is 0 Å². The first kappa shape index (κ1) is 23.0. The minimum atomic E-state index is -0.368. The number of benzene rings is 2. The second kappa shape index (κ2) is 9.11. The molecule has 8 nitrogen and oxygen atoms in total. The van der Waals surface area contributed by atoms with Crippen molar-refractivity contribution in [1.82, 2.24) is 10.1 Å². The monoisotopic (exact) mass is 466 g/mol. The Hall–Kier alpha value is -2.78. The van der Waals surface area contributed by atoms with Gasteiger partial charge >= 0.3 is 11.9 Å². The van der Waals surface area contributed by atoms with E-state index in [-0.39, 0.29) is 36.6 Å². The molecule has 0 radical (unpaired) electrons. The largest absolute Gasteiger partial charge is 0.458 e. The fourth-order valence-corrected chi connectivity index (χ4v) is 4.09. The fraction of sp³-hybridized carbons (Fsp3) is 0.462. The van der Waals surface area contributed by atoms with E-state index >= 15 is 0 Å². The van der Waals surface area contributed by atoms with Crippen molar-refractivity contribution in [3.63, 3.8) is 0 Å². The van der Waals surface area contributed by atoms with Crippen molar-refractivity contribution in [1.29, 1.82) is 0 Å². The highest BCUT2D eigenvalue weighted by Gasteiger charge is 2.41. The van der Waals surface area contributed by atoms with E-state index in [1.165, 1.54) is 0 Å². The average molecular weight is 467 g/mol. The molecule has 8 heteroatoms. The topological polar surface area (TPSA) is 83.7 Å². The third-order valence-corrected chi connectivity index (χ3v) is 6.29. The molecule has 4 unspecified atom stereocenters. The lowest BCUT2D eigenvalue weighted by molar-refractivity contribution is -0.0594. The van der Waals surface area contributed by atoms with Crippen LogP contribution in [0, 0.1) is 0 Å². The van der Waals surface area contributed by atoms with Gasteiger partial charge in [0.05, 0.1) is 11.1 Å². The molecule has 4 atom stereocenters. The minimum absolute atomic E-state index is 0.0416. The summed E-state index contributed by atoms with van der Waals surface area (Å²) < 4.78 is 11.1. The van der Waals surface area contributed by atoms with Gasteiger partial charge in [-0.15, -0.1) is 10.1 Å². The third kappa shape index (κ3) is 4.86. The molecule has 0 N–H and O–H groups in total. The number of rotatable bonds is 8. The number of hydrogen-bond acceptors (Lipinski definition) is 8. The quantitative estimate of drug-likeness (QED) is 0.414. The van der Waals surface area contributed by atoms with Gasteiger partial charge in [-0.1, -0.05) is 24.3 Å². The Morgan fingerprint density at radius 2 is 1.06 bits per heavy atom. The Labute approximate surface area is 199 Å². The molecule has 5 rings (SSSR count). The normalized spacial score (nSPS) is 29.5. The van der Waals surface area contributed by atoms with Gasteiger partial charge < -0.3 is 9.47 Å². The van der Waals surface area contributed by atoms with Crippen molar-refractivity contribution in [3.8, 4) is 0 Å². The van der Waals surface area contributed by atoms with Gasteiger partial charge in [0.2, 0.25) is 0 Å². The molecule has 3 aliphatic rings. The van der Waals surface area contributed by atoms with Gasteiger partial charge in [0.1, 0.15) is 12.2 Å². The Bertz CT molecular complexity index is 962. The molecule has 2 aromatic carbocycles. The molecule has 0 aromatic heterocycles. The van der Waals surface area contributed by atoms with Crippen LogP contribution in [0.2, 0.25) is 0 Å². The number of carbonyl (C=O) groups excluding carboxylic acids is 2. The molecule has 1 saturated carbocycles. The standard InChI is InChI=1S/C26H30N2O6/c1-15(2)27-23(33-27)17-5-9-19(10-6-17)25(29)31-21-13-22(14-21)32-26(30)20-11-7-18(8-12-20)24-28(34-24)16(3)4/h5-12,15-16,21-24H,13-14H2,1-4H3. The van der Waals surface area contributed by atoms with Crippen molar-refractivity contribution in [3.05, 3.63) is 70.8 Å². The van der Waals surface area contributed by atoms with E-state index in [2.05, 4.69) is 27.7 Å².